The van der Waals surface area contributed by atoms with E-state index in [0.29, 0.717) is 18.4 Å². The summed E-state index contributed by atoms with van der Waals surface area (Å²) >= 11 is 0. The minimum absolute atomic E-state index is 0.0705. The zero-order valence-electron chi connectivity index (χ0n) is 11.2. The number of hydrogen-bond donors (Lipinski definition) is 1. The zero-order valence-corrected chi connectivity index (χ0v) is 11.2. The van der Waals surface area contributed by atoms with Gasteiger partial charge in [-0.05, 0) is 26.2 Å². The van der Waals surface area contributed by atoms with Crippen LogP contribution < -0.4 is 9.64 Å². The number of carboxylic acids is 1. The molecule has 1 aliphatic rings. The molecule has 0 radical (unpaired) electrons. The predicted octanol–water partition coefficient (Wildman–Crippen LogP) is 1.56. The van der Waals surface area contributed by atoms with Crippen LogP contribution in [0.3, 0.4) is 0 Å². The molecule has 0 amide bonds. The summed E-state index contributed by atoms with van der Waals surface area (Å²) in [7, 11) is 0. The Morgan fingerprint density at radius 2 is 2.42 bits per heavy atom. The van der Waals surface area contributed by atoms with E-state index in [2.05, 4.69) is 9.97 Å². The van der Waals surface area contributed by atoms with Crippen molar-refractivity contribution in [2.75, 3.05) is 18.0 Å². The van der Waals surface area contributed by atoms with Crippen molar-refractivity contribution in [3.8, 4) is 5.88 Å². The van der Waals surface area contributed by atoms with Crippen LogP contribution in [0.15, 0.2) is 12.3 Å². The molecule has 6 nitrogen and oxygen atoms in total. The third kappa shape index (κ3) is 3.81. The lowest BCUT2D eigenvalue weighted by Crippen LogP contribution is -2.23. The van der Waals surface area contributed by atoms with Gasteiger partial charge in [0.15, 0.2) is 0 Å². The van der Waals surface area contributed by atoms with Gasteiger partial charge in [-0.2, -0.15) is 4.98 Å². The van der Waals surface area contributed by atoms with E-state index in [4.69, 9.17) is 9.84 Å². The zero-order chi connectivity index (χ0) is 13.8. The molecule has 1 N–H and O–H groups in total. The number of hydrogen-bond acceptors (Lipinski definition) is 5. The Kier molecular flexibility index (Phi) is 4.19. The fourth-order valence-electron chi connectivity index (χ4n) is 2.22. The average Bonchev–Trinajstić information content (AvgIpc) is 2.76. The first kappa shape index (κ1) is 13.6. The number of rotatable bonds is 5. The van der Waals surface area contributed by atoms with Gasteiger partial charge in [0.1, 0.15) is 0 Å². The number of aromatic nitrogens is 2. The molecule has 1 fully saturated rings. The number of carbonyl (C=O) groups is 1. The van der Waals surface area contributed by atoms with Crippen molar-refractivity contribution in [3.05, 3.63) is 12.3 Å². The van der Waals surface area contributed by atoms with Gasteiger partial charge in [0, 0.05) is 31.8 Å². The van der Waals surface area contributed by atoms with Crippen molar-refractivity contribution in [2.24, 2.45) is 5.92 Å². The number of anilines is 1. The maximum atomic E-state index is 10.7. The average molecular weight is 265 g/mol. The van der Waals surface area contributed by atoms with E-state index in [1.807, 2.05) is 18.7 Å². The van der Waals surface area contributed by atoms with Crippen LogP contribution in [-0.2, 0) is 4.79 Å². The van der Waals surface area contributed by atoms with Crippen molar-refractivity contribution >= 4 is 11.9 Å². The van der Waals surface area contributed by atoms with Gasteiger partial charge >= 0.3 is 5.97 Å². The molecule has 0 spiro atoms. The third-order valence-electron chi connectivity index (χ3n) is 3.01. The minimum Gasteiger partial charge on any atom is -0.481 e. The Hall–Kier alpha value is -1.85. The SMILES string of the molecule is CC(C)Oc1ccnc(N2CCC(CC(=O)O)C2)n1. The maximum absolute atomic E-state index is 10.7. The van der Waals surface area contributed by atoms with Gasteiger partial charge in [0.05, 0.1) is 6.10 Å². The Bertz CT molecular complexity index is 451. The molecule has 0 bridgehead atoms. The van der Waals surface area contributed by atoms with Crippen LogP contribution in [-0.4, -0.2) is 40.2 Å². The molecular formula is C13H19N3O3. The summed E-state index contributed by atoms with van der Waals surface area (Å²) in [5, 5.41) is 8.80. The van der Waals surface area contributed by atoms with Crippen LogP contribution >= 0.6 is 0 Å². The van der Waals surface area contributed by atoms with Crippen molar-refractivity contribution in [1.29, 1.82) is 0 Å². The van der Waals surface area contributed by atoms with E-state index in [0.717, 1.165) is 13.0 Å². The molecule has 19 heavy (non-hydrogen) atoms. The second-order valence-electron chi connectivity index (χ2n) is 5.06. The fourth-order valence-corrected chi connectivity index (χ4v) is 2.22. The van der Waals surface area contributed by atoms with Crippen molar-refractivity contribution in [2.45, 2.75) is 32.8 Å². The Balaban J connectivity index is 2.00. The minimum atomic E-state index is -0.746. The second-order valence-corrected chi connectivity index (χ2v) is 5.06. The molecule has 0 aromatic carbocycles. The van der Waals surface area contributed by atoms with Crippen LogP contribution in [0.1, 0.15) is 26.7 Å². The molecule has 0 saturated carbocycles. The Morgan fingerprint density at radius 1 is 1.63 bits per heavy atom. The van der Waals surface area contributed by atoms with Gasteiger partial charge < -0.3 is 14.7 Å². The second kappa shape index (κ2) is 5.86. The molecule has 104 valence electrons. The molecule has 1 atom stereocenters. The van der Waals surface area contributed by atoms with E-state index in [-0.39, 0.29) is 18.4 Å². The van der Waals surface area contributed by atoms with Crippen molar-refractivity contribution < 1.29 is 14.6 Å². The number of ether oxygens (including phenoxy) is 1. The molecule has 2 heterocycles. The van der Waals surface area contributed by atoms with E-state index < -0.39 is 5.97 Å². The summed E-state index contributed by atoms with van der Waals surface area (Å²) < 4.78 is 5.53. The summed E-state index contributed by atoms with van der Waals surface area (Å²) in [5.74, 6) is 0.605. The van der Waals surface area contributed by atoms with Crippen molar-refractivity contribution in [1.82, 2.24) is 9.97 Å². The third-order valence-corrected chi connectivity index (χ3v) is 3.01. The summed E-state index contributed by atoms with van der Waals surface area (Å²) in [4.78, 5) is 21.3. The summed E-state index contributed by atoms with van der Waals surface area (Å²) in [6, 6.07) is 1.73. The molecule has 1 aliphatic heterocycles. The van der Waals surface area contributed by atoms with Crippen LogP contribution in [0.5, 0.6) is 5.88 Å². The highest BCUT2D eigenvalue weighted by Gasteiger charge is 2.26. The first-order valence-corrected chi connectivity index (χ1v) is 6.51. The van der Waals surface area contributed by atoms with Gasteiger partial charge in [-0.1, -0.05) is 0 Å². The molecular weight excluding hydrogens is 246 g/mol. The molecule has 1 saturated heterocycles. The molecule has 1 aromatic rings. The van der Waals surface area contributed by atoms with Crippen LogP contribution in [0.25, 0.3) is 0 Å². The fraction of sp³-hybridized carbons (Fsp3) is 0.615. The van der Waals surface area contributed by atoms with Crippen LogP contribution in [0.2, 0.25) is 0 Å². The van der Waals surface area contributed by atoms with Crippen molar-refractivity contribution in [3.63, 3.8) is 0 Å². The quantitative estimate of drug-likeness (QED) is 0.870. The lowest BCUT2D eigenvalue weighted by molar-refractivity contribution is -0.137. The van der Waals surface area contributed by atoms with E-state index >= 15 is 0 Å². The predicted molar refractivity (Wildman–Crippen MR) is 70.4 cm³/mol. The molecule has 1 unspecified atom stereocenters. The first-order valence-electron chi connectivity index (χ1n) is 6.51. The highest BCUT2D eigenvalue weighted by atomic mass is 16.5. The van der Waals surface area contributed by atoms with Gasteiger partial charge in [0.25, 0.3) is 0 Å². The lowest BCUT2D eigenvalue weighted by Gasteiger charge is -2.17. The summed E-state index contributed by atoms with van der Waals surface area (Å²) in [5.41, 5.74) is 0. The molecule has 0 aliphatic carbocycles. The maximum Gasteiger partial charge on any atom is 0.303 e. The Morgan fingerprint density at radius 3 is 3.11 bits per heavy atom. The van der Waals surface area contributed by atoms with Crippen LogP contribution in [0, 0.1) is 5.92 Å². The van der Waals surface area contributed by atoms with E-state index in [1.165, 1.54) is 0 Å². The monoisotopic (exact) mass is 265 g/mol. The topological polar surface area (TPSA) is 75.5 Å². The van der Waals surface area contributed by atoms with Crippen LogP contribution in [0.4, 0.5) is 5.95 Å². The van der Waals surface area contributed by atoms with Gasteiger partial charge in [0.2, 0.25) is 11.8 Å². The smallest absolute Gasteiger partial charge is 0.303 e. The van der Waals surface area contributed by atoms with E-state index in [9.17, 15) is 4.79 Å². The first-order chi connectivity index (χ1) is 9.04. The van der Waals surface area contributed by atoms with E-state index in [1.54, 1.807) is 12.3 Å². The molecule has 1 aromatic heterocycles. The Labute approximate surface area is 112 Å². The number of carboxylic acid groups (broad SMARTS) is 1. The largest absolute Gasteiger partial charge is 0.481 e. The number of nitrogens with zero attached hydrogens (tertiary/aromatic N) is 3. The summed E-state index contributed by atoms with van der Waals surface area (Å²) in [6.45, 7) is 5.38. The highest BCUT2D eigenvalue weighted by molar-refractivity contribution is 5.67. The van der Waals surface area contributed by atoms with Gasteiger partial charge in [-0.15, -0.1) is 0 Å². The van der Waals surface area contributed by atoms with Gasteiger partial charge in [-0.3, -0.25) is 4.79 Å². The standard InChI is InChI=1S/C13H19N3O3/c1-9(2)19-11-3-5-14-13(15-11)16-6-4-10(8-16)7-12(17)18/h3,5,9-10H,4,6-8H2,1-2H3,(H,17,18). The molecule has 6 heteroatoms. The number of aliphatic carboxylic acids is 1. The normalized spacial score (nSPS) is 18.9. The summed E-state index contributed by atoms with van der Waals surface area (Å²) in [6.07, 6.45) is 2.81. The highest BCUT2D eigenvalue weighted by Crippen LogP contribution is 2.24. The lowest BCUT2D eigenvalue weighted by atomic mass is 10.1. The van der Waals surface area contributed by atoms with Gasteiger partial charge in [-0.25, -0.2) is 4.98 Å². The molecule has 2 rings (SSSR count).